The normalized spacial score (nSPS) is 20.0. The molecule has 24 heavy (non-hydrogen) atoms. The van der Waals surface area contributed by atoms with Crippen molar-refractivity contribution in [2.24, 2.45) is 0 Å². The molecule has 2 amide bonds. The number of amides is 2. The van der Waals surface area contributed by atoms with Crippen LogP contribution in [0.2, 0.25) is 0 Å². The monoisotopic (exact) mass is 334 g/mol. The van der Waals surface area contributed by atoms with Crippen molar-refractivity contribution in [1.29, 1.82) is 0 Å². The van der Waals surface area contributed by atoms with E-state index in [0.717, 1.165) is 50.9 Å². The van der Waals surface area contributed by atoms with Crippen molar-refractivity contribution in [3.63, 3.8) is 0 Å². The van der Waals surface area contributed by atoms with Crippen molar-refractivity contribution >= 4 is 11.8 Å². The SMILES string of the molecule is CC(C)NC(=O)c1nc(C(=O)NCC2CCCO2)c2n1CCCC2. The van der Waals surface area contributed by atoms with E-state index in [4.69, 9.17) is 4.74 Å². The average molecular weight is 334 g/mol. The van der Waals surface area contributed by atoms with Crippen molar-refractivity contribution in [2.45, 2.75) is 64.6 Å². The third kappa shape index (κ3) is 3.61. The molecule has 3 rings (SSSR count). The number of fused-ring (bicyclic) bond motifs is 1. The Balaban J connectivity index is 1.77. The number of aromatic nitrogens is 2. The van der Waals surface area contributed by atoms with Gasteiger partial charge in [0, 0.05) is 25.7 Å². The summed E-state index contributed by atoms with van der Waals surface area (Å²) in [6.45, 7) is 5.82. The maximum Gasteiger partial charge on any atom is 0.287 e. The maximum atomic E-state index is 12.6. The molecule has 1 saturated heterocycles. The number of nitrogens with zero attached hydrogens (tertiary/aromatic N) is 2. The van der Waals surface area contributed by atoms with E-state index >= 15 is 0 Å². The molecule has 3 heterocycles. The molecule has 0 radical (unpaired) electrons. The largest absolute Gasteiger partial charge is 0.376 e. The molecule has 0 saturated carbocycles. The molecule has 7 nitrogen and oxygen atoms in total. The first-order valence-electron chi connectivity index (χ1n) is 8.86. The van der Waals surface area contributed by atoms with Gasteiger partial charge in [0.1, 0.15) is 5.69 Å². The molecule has 1 atom stereocenters. The fourth-order valence-electron chi connectivity index (χ4n) is 3.32. The van der Waals surface area contributed by atoms with Gasteiger partial charge in [-0.15, -0.1) is 0 Å². The Morgan fingerprint density at radius 2 is 2.12 bits per heavy atom. The predicted octanol–water partition coefficient (Wildman–Crippen LogP) is 1.27. The van der Waals surface area contributed by atoms with Crippen LogP contribution in [0.5, 0.6) is 0 Å². The summed E-state index contributed by atoms with van der Waals surface area (Å²) in [5.41, 5.74) is 1.27. The average Bonchev–Trinajstić information content (AvgIpc) is 3.19. The number of hydrogen-bond donors (Lipinski definition) is 2. The molecule has 1 fully saturated rings. The fourth-order valence-corrected chi connectivity index (χ4v) is 3.32. The van der Waals surface area contributed by atoms with Gasteiger partial charge in [-0.3, -0.25) is 9.59 Å². The lowest BCUT2D eigenvalue weighted by Gasteiger charge is -2.17. The molecule has 1 aromatic rings. The highest BCUT2D eigenvalue weighted by atomic mass is 16.5. The highest BCUT2D eigenvalue weighted by Gasteiger charge is 2.28. The second-order valence-corrected chi connectivity index (χ2v) is 6.81. The van der Waals surface area contributed by atoms with E-state index in [9.17, 15) is 9.59 Å². The lowest BCUT2D eigenvalue weighted by molar-refractivity contribution is 0.0853. The third-order valence-corrected chi connectivity index (χ3v) is 4.47. The molecule has 1 aromatic heterocycles. The summed E-state index contributed by atoms with van der Waals surface area (Å²) in [6, 6.07) is 0.0332. The second-order valence-electron chi connectivity index (χ2n) is 6.81. The lowest BCUT2D eigenvalue weighted by atomic mass is 10.1. The Labute approximate surface area is 142 Å². The number of rotatable bonds is 5. The molecule has 0 aliphatic carbocycles. The van der Waals surface area contributed by atoms with Crippen molar-refractivity contribution < 1.29 is 14.3 Å². The number of nitrogens with one attached hydrogen (secondary N) is 2. The Hall–Kier alpha value is -1.89. The van der Waals surface area contributed by atoms with Gasteiger partial charge in [0.25, 0.3) is 11.8 Å². The molecule has 7 heteroatoms. The van der Waals surface area contributed by atoms with Crippen LogP contribution in [-0.4, -0.2) is 46.7 Å². The van der Waals surface area contributed by atoms with Gasteiger partial charge >= 0.3 is 0 Å². The van der Waals surface area contributed by atoms with Crippen LogP contribution in [0.15, 0.2) is 0 Å². The Kier molecular flexibility index (Phi) is 5.18. The van der Waals surface area contributed by atoms with Gasteiger partial charge in [-0.05, 0) is 46.0 Å². The van der Waals surface area contributed by atoms with E-state index < -0.39 is 0 Å². The molecule has 0 bridgehead atoms. The molecule has 2 N–H and O–H groups in total. The highest BCUT2D eigenvalue weighted by molar-refractivity contribution is 5.97. The minimum absolute atomic E-state index is 0.0332. The molecule has 132 valence electrons. The zero-order valence-electron chi connectivity index (χ0n) is 14.4. The lowest BCUT2D eigenvalue weighted by Crippen LogP contribution is -2.33. The molecule has 2 aliphatic rings. The molecule has 0 aromatic carbocycles. The number of imidazole rings is 1. The van der Waals surface area contributed by atoms with Crippen LogP contribution in [-0.2, 0) is 17.7 Å². The van der Waals surface area contributed by atoms with Crippen molar-refractivity contribution in [1.82, 2.24) is 20.2 Å². The zero-order valence-corrected chi connectivity index (χ0v) is 14.4. The summed E-state index contributed by atoms with van der Waals surface area (Å²) < 4.78 is 7.44. The Morgan fingerprint density at radius 3 is 2.83 bits per heavy atom. The smallest absolute Gasteiger partial charge is 0.287 e. The first kappa shape index (κ1) is 17.0. The van der Waals surface area contributed by atoms with Crippen LogP contribution >= 0.6 is 0 Å². The first-order chi connectivity index (χ1) is 11.6. The molecular formula is C17H26N4O3. The third-order valence-electron chi connectivity index (χ3n) is 4.47. The Bertz CT molecular complexity index is 618. The van der Waals surface area contributed by atoms with Gasteiger partial charge in [0.05, 0.1) is 11.8 Å². The topological polar surface area (TPSA) is 85.2 Å². The number of carbonyl (C=O) groups is 2. The second kappa shape index (κ2) is 7.34. The van der Waals surface area contributed by atoms with E-state index in [1.54, 1.807) is 0 Å². The van der Waals surface area contributed by atoms with Crippen LogP contribution < -0.4 is 10.6 Å². The summed E-state index contributed by atoms with van der Waals surface area (Å²) in [5.74, 6) is -0.0771. The summed E-state index contributed by atoms with van der Waals surface area (Å²) in [7, 11) is 0. The number of carbonyl (C=O) groups excluding carboxylic acids is 2. The van der Waals surface area contributed by atoms with Crippen molar-refractivity contribution in [3.8, 4) is 0 Å². The van der Waals surface area contributed by atoms with Gasteiger partial charge in [-0.1, -0.05) is 0 Å². The summed E-state index contributed by atoms with van der Waals surface area (Å²) in [5, 5.41) is 5.78. The summed E-state index contributed by atoms with van der Waals surface area (Å²) in [6.07, 6.45) is 4.91. The molecule has 1 unspecified atom stereocenters. The number of ether oxygens (including phenoxy) is 1. The quantitative estimate of drug-likeness (QED) is 0.849. The highest BCUT2D eigenvalue weighted by Crippen LogP contribution is 2.21. The minimum atomic E-state index is -0.216. The van der Waals surface area contributed by atoms with E-state index in [1.165, 1.54) is 0 Å². The molecule has 0 spiro atoms. The van der Waals surface area contributed by atoms with E-state index in [2.05, 4.69) is 15.6 Å². The van der Waals surface area contributed by atoms with Crippen LogP contribution in [0.25, 0.3) is 0 Å². The van der Waals surface area contributed by atoms with Gasteiger partial charge < -0.3 is 19.9 Å². The fraction of sp³-hybridized carbons (Fsp3) is 0.706. The van der Waals surface area contributed by atoms with Crippen LogP contribution in [0.1, 0.15) is 66.3 Å². The zero-order chi connectivity index (χ0) is 17.1. The standard InChI is InChI=1S/C17H26N4O3/c1-11(2)19-17(23)15-20-14(13-7-3-4-8-21(13)15)16(22)18-10-12-6-5-9-24-12/h11-12H,3-10H2,1-2H3,(H,18,22)(H,19,23). The van der Waals surface area contributed by atoms with Gasteiger partial charge in [-0.25, -0.2) is 4.98 Å². The van der Waals surface area contributed by atoms with Crippen LogP contribution in [0.3, 0.4) is 0 Å². The minimum Gasteiger partial charge on any atom is -0.376 e. The van der Waals surface area contributed by atoms with Crippen LogP contribution in [0.4, 0.5) is 0 Å². The van der Waals surface area contributed by atoms with E-state index in [0.29, 0.717) is 18.1 Å². The maximum absolute atomic E-state index is 12.6. The van der Waals surface area contributed by atoms with Gasteiger partial charge in [0.2, 0.25) is 0 Å². The first-order valence-corrected chi connectivity index (χ1v) is 8.86. The van der Waals surface area contributed by atoms with Crippen molar-refractivity contribution in [3.05, 3.63) is 17.2 Å². The summed E-state index contributed by atoms with van der Waals surface area (Å²) in [4.78, 5) is 29.3. The van der Waals surface area contributed by atoms with Crippen molar-refractivity contribution in [2.75, 3.05) is 13.2 Å². The van der Waals surface area contributed by atoms with Gasteiger partial charge in [0.15, 0.2) is 5.82 Å². The Morgan fingerprint density at radius 1 is 1.29 bits per heavy atom. The molecular weight excluding hydrogens is 308 g/mol. The van der Waals surface area contributed by atoms with Crippen LogP contribution in [0, 0.1) is 0 Å². The predicted molar refractivity (Wildman–Crippen MR) is 89.1 cm³/mol. The summed E-state index contributed by atoms with van der Waals surface area (Å²) >= 11 is 0. The van der Waals surface area contributed by atoms with Gasteiger partial charge in [-0.2, -0.15) is 0 Å². The van der Waals surface area contributed by atoms with E-state index in [-0.39, 0.29) is 24.0 Å². The number of hydrogen-bond acceptors (Lipinski definition) is 4. The molecule has 2 aliphatic heterocycles. The van der Waals surface area contributed by atoms with E-state index in [1.807, 2.05) is 18.4 Å².